The molecule has 0 aliphatic carbocycles. The largest absolute Gasteiger partial charge is 0.398 e. The standard InChI is InChI=1S/C19H23N3O2.ClH/c1-3-13(2)18(23)22-15-8-6-7-14(11-15)12-21-19(24)16-9-4-5-10-17(16)20;/h4-11,13H,3,12,20H2,1-2H3,(H,21,24)(H,22,23);1H. The molecule has 6 heteroatoms. The smallest absolute Gasteiger partial charge is 0.253 e. The summed E-state index contributed by atoms with van der Waals surface area (Å²) in [5.41, 5.74) is 8.34. The van der Waals surface area contributed by atoms with Gasteiger partial charge in [-0.3, -0.25) is 9.59 Å². The van der Waals surface area contributed by atoms with Gasteiger partial charge in [-0.1, -0.05) is 38.1 Å². The highest BCUT2D eigenvalue weighted by Gasteiger charge is 2.11. The lowest BCUT2D eigenvalue weighted by molar-refractivity contribution is -0.119. The molecule has 0 saturated carbocycles. The normalized spacial score (nSPS) is 11.1. The van der Waals surface area contributed by atoms with Gasteiger partial charge in [0.15, 0.2) is 0 Å². The molecule has 2 aromatic carbocycles. The fourth-order valence-electron chi connectivity index (χ4n) is 2.19. The quantitative estimate of drug-likeness (QED) is 0.687. The van der Waals surface area contributed by atoms with E-state index in [2.05, 4.69) is 10.6 Å². The zero-order valence-electron chi connectivity index (χ0n) is 14.4. The molecule has 2 rings (SSSR count). The second-order valence-corrected chi connectivity index (χ2v) is 5.77. The van der Waals surface area contributed by atoms with Crippen LogP contribution >= 0.6 is 12.4 Å². The van der Waals surface area contributed by atoms with Crippen LogP contribution in [0, 0.1) is 5.92 Å². The van der Waals surface area contributed by atoms with E-state index in [1.165, 1.54) is 0 Å². The number of amides is 2. The Labute approximate surface area is 154 Å². The Hall–Kier alpha value is -2.53. The lowest BCUT2D eigenvalue weighted by Crippen LogP contribution is -2.24. The van der Waals surface area contributed by atoms with Gasteiger partial charge in [0.2, 0.25) is 5.91 Å². The number of carbonyl (C=O) groups excluding carboxylic acids is 2. The number of carbonyl (C=O) groups is 2. The molecule has 2 amide bonds. The van der Waals surface area contributed by atoms with Crippen LogP contribution in [-0.4, -0.2) is 11.8 Å². The fraction of sp³-hybridized carbons (Fsp3) is 0.263. The molecule has 0 saturated heterocycles. The molecular weight excluding hydrogens is 338 g/mol. The van der Waals surface area contributed by atoms with Gasteiger partial charge in [0, 0.05) is 23.8 Å². The molecule has 0 aliphatic heterocycles. The van der Waals surface area contributed by atoms with Crippen molar-refractivity contribution >= 4 is 35.6 Å². The molecule has 1 unspecified atom stereocenters. The predicted molar refractivity (Wildman–Crippen MR) is 104 cm³/mol. The van der Waals surface area contributed by atoms with Crippen LogP contribution in [-0.2, 0) is 11.3 Å². The SMILES string of the molecule is CCC(C)C(=O)Nc1cccc(CNC(=O)c2ccccc2N)c1.Cl. The highest BCUT2D eigenvalue weighted by molar-refractivity contribution is 5.99. The molecule has 0 heterocycles. The van der Waals surface area contributed by atoms with Crippen LogP contribution < -0.4 is 16.4 Å². The van der Waals surface area contributed by atoms with E-state index >= 15 is 0 Å². The topological polar surface area (TPSA) is 84.2 Å². The monoisotopic (exact) mass is 361 g/mol. The number of halogens is 1. The van der Waals surface area contributed by atoms with E-state index in [1.807, 2.05) is 38.1 Å². The van der Waals surface area contributed by atoms with Gasteiger partial charge in [0.25, 0.3) is 5.91 Å². The number of nitrogens with one attached hydrogen (secondary N) is 2. The molecular formula is C19H24ClN3O2. The summed E-state index contributed by atoms with van der Waals surface area (Å²) in [6.07, 6.45) is 0.792. The molecule has 0 spiro atoms. The average molecular weight is 362 g/mol. The molecule has 4 N–H and O–H groups in total. The van der Waals surface area contributed by atoms with Crippen LogP contribution in [0.15, 0.2) is 48.5 Å². The molecule has 134 valence electrons. The van der Waals surface area contributed by atoms with E-state index in [9.17, 15) is 9.59 Å². The van der Waals surface area contributed by atoms with Crippen molar-refractivity contribution in [2.24, 2.45) is 5.92 Å². The Balaban J connectivity index is 0.00000312. The highest BCUT2D eigenvalue weighted by Crippen LogP contribution is 2.14. The lowest BCUT2D eigenvalue weighted by Gasteiger charge is -2.12. The van der Waals surface area contributed by atoms with Crippen molar-refractivity contribution in [1.82, 2.24) is 5.32 Å². The zero-order chi connectivity index (χ0) is 17.5. The number of para-hydroxylation sites is 1. The predicted octanol–water partition coefficient (Wildman–Crippen LogP) is 3.61. The number of nitrogens with two attached hydrogens (primary N) is 1. The Kier molecular flexibility index (Phi) is 7.95. The molecule has 0 radical (unpaired) electrons. The summed E-state index contributed by atoms with van der Waals surface area (Å²) in [6.45, 7) is 4.23. The van der Waals surface area contributed by atoms with Gasteiger partial charge in [-0.05, 0) is 36.2 Å². The first-order valence-electron chi connectivity index (χ1n) is 8.03. The number of benzene rings is 2. The molecule has 25 heavy (non-hydrogen) atoms. The summed E-state index contributed by atoms with van der Waals surface area (Å²) < 4.78 is 0. The van der Waals surface area contributed by atoms with Crippen molar-refractivity contribution in [3.05, 3.63) is 59.7 Å². The first-order chi connectivity index (χ1) is 11.5. The van der Waals surface area contributed by atoms with Crippen LogP contribution in [0.25, 0.3) is 0 Å². The number of anilines is 2. The molecule has 0 bridgehead atoms. The summed E-state index contributed by atoms with van der Waals surface area (Å²) in [5, 5.41) is 5.73. The third-order valence-corrected chi connectivity index (χ3v) is 3.91. The van der Waals surface area contributed by atoms with Crippen molar-refractivity contribution in [3.63, 3.8) is 0 Å². The van der Waals surface area contributed by atoms with Gasteiger partial charge in [-0.15, -0.1) is 12.4 Å². The van der Waals surface area contributed by atoms with E-state index < -0.39 is 0 Å². The van der Waals surface area contributed by atoms with Crippen LogP contribution in [0.5, 0.6) is 0 Å². The number of nitrogen functional groups attached to an aromatic ring is 1. The highest BCUT2D eigenvalue weighted by atomic mass is 35.5. The van der Waals surface area contributed by atoms with E-state index in [-0.39, 0.29) is 30.1 Å². The van der Waals surface area contributed by atoms with E-state index in [4.69, 9.17) is 5.73 Å². The minimum absolute atomic E-state index is 0. The van der Waals surface area contributed by atoms with Crippen molar-refractivity contribution in [3.8, 4) is 0 Å². The molecule has 0 aliphatic rings. The first kappa shape index (κ1) is 20.5. The Morgan fingerprint density at radius 3 is 2.52 bits per heavy atom. The second-order valence-electron chi connectivity index (χ2n) is 5.77. The van der Waals surface area contributed by atoms with Gasteiger partial charge in [-0.2, -0.15) is 0 Å². The average Bonchev–Trinajstić information content (AvgIpc) is 2.59. The minimum atomic E-state index is -0.220. The maximum atomic E-state index is 12.2. The van der Waals surface area contributed by atoms with Gasteiger partial charge in [0.05, 0.1) is 5.56 Å². The van der Waals surface area contributed by atoms with E-state index in [0.717, 1.165) is 17.7 Å². The van der Waals surface area contributed by atoms with E-state index in [1.54, 1.807) is 24.3 Å². The number of rotatable bonds is 6. The van der Waals surface area contributed by atoms with Crippen molar-refractivity contribution in [1.29, 1.82) is 0 Å². The number of hydrogen-bond donors (Lipinski definition) is 3. The van der Waals surface area contributed by atoms with Gasteiger partial charge in [-0.25, -0.2) is 0 Å². The third kappa shape index (κ3) is 5.80. The lowest BCUT2D eigenvalue weighted by atomic mass is 10.1. The Morgan fingerprint density at radius 1 is 1.12 bits per heavy atom. The summed E-state index contributed by atoms with van der Waals surface area (Å²) in [6, 6.07) is 14.4. The van der Waals surface area contributed by atoms with Crippen molar-refractivity contribution in [2.45, 2.75) is 26.8 Å². The van der Waals surface area contributed by atoms with Crippen LogP contribution in [0.2, 0.25) is 0 Å². The molecule has 1 atom stereocenters. The summed E-state index contributed by atoms with van der Waals surface area (Å²) in [4.78, 5) is 24.1. The maximum Gasteiger partial charge on any atom is 0.253 e. The van der Waals surface area contributed by atoms with E-state index in [0.29, 0.717) is 17.8 Å². The van der Waals surface area contributed by atoms with Crippen molar-refractivity contribution in [2.75, 3.05) is 11.1 Å². The van der Waals surface area contributed by atoms with Gasteiger partial charge in [0.1, 0.15) is 0 Å². The fourth-order valence-corrected chi connectivity index (χ4v) is 2.19. The number of hydrogen-bond acceptors (Lipinski definition) is 3. The molecule has 5 nitrogen and oxygen atoms in total. The molecule has 0 fully saturated rings. The maximum absolute atomic E-state index is 12.2. The molecule has 0 aromatic heterocycles. The van der Waals surface area contributed by atoms with Crippen LogP contribution in [0.4, 0.5) is 11.4 Å². The second kappa shape index (κ2) is 9.69. The Morgan fingerprint density at radius 2 is 1.84 bits per heavy atom. The summed E-state index contributed by atoms with van der Waals surface area (Å²) in [5.74, 6) is -0.257. The minimum Gasteiger partial charge on any atom is -0.398 e. The molecule has 2 aromatic rings. The first-order valence-corrected chi connectivity index (χ1v) is 8.03. The summed E-state index contributed by atoms with van der Waals surface area (Å²) in [7, 11) is 0. The van der Waals surface area contributed by atoms with Crippen molar-refractivity contribution < 1.29 is 9.59 Å². The Bertz CT molecular complexity index is 734. The summed E-state index contributed by atoms with van der Waals surface area (Å²) >= 11 is 0. The van der Waals surface area contributed by atoms with Crippen LogP contribution in [0.3, 0.4) is 0 Å². The van der Waals surface area contributed by atoms with Crippen LogP contribution in [0.1, 0.15) is 36.2 Å². The zero-order valence-corrected chi connectivity index (χ0v) is 15.2. The van der Waals surface area contributed by atoms with Gasteiger partial charge >= 0.3 is 0 Å². The van der Waals surface area contributed by atoms with Gasteiger partial charge < -0.3 is 16.4 Å². The third-order valence-electron chi connectivity index (χ3n) is 3.91.